The van der Waals surface area contributed by atoms with Gasteiger partial charge >= 0.3 is 12.1 Å². The Hall–Kier alpha value is -2.58. The molecular formula is C28H37F3N2O3. The molecule has 36 heavy (non-hydrogen) atoms. The highest BCUT2D eigenvalue weighted by Crippen LogP contribution is 2.36. The van der Waals surface area contributed by atoms with E-state index >= 15 is 0 Å². The molecule has 3 rings (SSSR count). The normalized spacial score (nSPS) is 15.9. The van der Waals surface area contributed by atoms with E-state index in [1.54, 1.807) is 26.0 Å². The van der Waals surface area contributed by atoms with Crippen molar-refractivity contribution in [2.45, 2.75) is 72.3 Å². The average molecular weight is 507 g/mol. The molecule has 1 saturated heterocycles. The molecule has 0 atom stereocenters. The average Bonchev–Trinajstić information content (AvgIpc) is 2.77. The Balaban J connectivity index is 1.60. The Labute approximate surface area is 211 Å². The molecule has 0 radical (unpaired) electrons. The molecule has 0 unspecified atom stereocenters. The van der Waals surface area contributed by atoms with E-state index in [1.165, 1.54) is 19.9 Å². The third-order valence-corrected chi connectivity index (χ3v) is 6.71. The number of carboxylic acids is 1. The number of carbonyl (C=O) groups is 1. The number of nitrogens with zero attached hydrogens (tertiary/aromatic N) is 2. The van der Waals surface area contributed by atoms with E-state index in [2.05, 4.69) is 9.80 Å². The molecule has 198 valence electrons. The lowest BCUT2D eigenvalue weighted by Gasteiger charge is -2.35. The van der Waals surface area contributed by atoms with Gasteiger partial charge in [-0.25, -0.2) is 4.79 Å². The summed E-state index contributed by atoms with van der Waals surface area (Å²) in [5, 5.41) is 9.37. The molecule has 2 aromatic carbocycles. The summed E-state index contributed by atoms with van der Waals surface area (Å²) in [6.07, 6.45) is -4.34. The largest absolute Gasteiger partial charge is 0.478 e. The van der Waals surface area contributed by atoms with Gasteiger partial charge in [-0.1, -0.05) is 38.1 Å². The summed E-state index contributed by atoms with van der Waals surface area (Å²) in [5.41, 5.74) is 2.36. The maximum absolute atomic E-state index is 13.4. The molecule has 1 aliphatic rings. The molecule has 2 aromatic rings. The van der Waals surface area contributed by atoms with Crippen LogP contribution < -0.4 is 4.74 Å². The second-order valence-corrected chi connectivity index (χ2v) is 10.6. The van der Waals surface area contributed by atoms with Crippen LogP contribution in [0.4, 0.5) is 13.2 Å². The molecule has 0 saturated carbocycles. The van der Waals surface area contributed by atoms with Crippen molar-refractivity contribution in [1.29, 1.82) is 0 Å². The molecule has 8 heteroatoms. The van der Waals surface area contributed by atoms with Crippen molar-refractivity contribution in [3.63, 3.8) is 0 Å². The van der Waals surface area contributed by atoms with Crippen molar-refractivity contribution in [1.82, 2.24) is 9.80 Å². The number of aryl methyl sites for hydroxylation is 2. The standard InChI is InChI=1S/C28H37F3N2O3/c1-18(2)23-15-21(7-8-24(23)28(29,30)31)16-32-9-11-33(12-10-32)17-22-13-19(3)25(20(4)14-22)36-27(5,6)26(34)35/h7-8,13-15,18H,9-12,16-17H2,1-6H3,(H,34,35). The summed E-state index contributed by atoms with van der Waals surface area (Å²) < 4.78 is 45.9. The number of carboxylic acid groups (broad SMARTS) is 1. The highest BCUT2D eigenvalue weighted by atomic mass is 19.4. The van der Waals surface area contributed by atoms with E-state index in [0.717, 1.165) is 55.0 Å². The van der Waals surface area contributed by atoms with Crippen LogP contribution in [0.3, 0.4) is 0 Å². The van der Waals surface area contributed by atoms with Crippen LogP contribution in [0.5, 0.6) is 5.75 Å². The van der Waals surface area contributed by atoms with Gasteiger partial charge < -0.3 is 9.84 Å². The minimum atomic E-state index is -4.34. The summed E-state index contributed by atoms with van der Waals surface area (Å²) >= 11 is 0. The Morgan fingerprint density at radius 3 is 1.89 bits per heavy atom. The van der Waals surface area contributed by atoms with Crippen LogP contribution >= 0.6 is 0 Å². The van der Waals surface area contributed by atoms with Crippen LogP contribution in [0.2, 0.25) is 0 Å². The predicted molar refractivity (Wildman–Crippen MR) is 134 cm³/mol. The number of benzene rings is 2. The lowest BCUT2D eigenvalue weighted by molar-refractivity contribution is -0.152. The minimum absolute atomic E-state index is 0.197. The lowest BCUT2D eigenvalue weighted by atomic mass is 9.94. The first kappa shape index (κ1) is 28.0. The number of ether oxygens (including phenoxy) is 1. The number of piperazine rings is 1. The van der Waals surface area contributed by atoms with Crippen molar-refractivity contribution < 1.29 is 27.8 Å². The van der Waals surface area contributed by atoms with E-state index in [9.17, 15) is 23.1 Å². The third-order valence-electron chi connectivity index (χ3n) is 6.71. The number of aliphatic carboxylic acids is 1. The van der Waals surface area contributed by atoms with Gasteiger partial charge in [-0.05, 0) is 67.5 Å². The van der Waals surface area contributed by atoms with Crippen LogP contribution in [0.25, 0.3) is 0 Å². The maximum Gasteiger partial charge on any atom is 0.416 e. The van der Waals surface area contributed by atoms with E-state index in [-0.39, 0.29) is 5.92 Å². The fourth-order valence-electron chi connectivity index (χ4n) is 4.66. The predicted octanol–water partition coefficient (Wildman–Crippen LogP) is 6.01. The second-order valence-electron chi connectivity index (χ2n) is 10.6. The number of rotatable bonds is 8. The molecule has 0 amide bonds. The Kier molecular flexibility index (Phi) is 8.41. The van der Waals surface area contributed by atoms with Gasteiger partial charge in [0.15, 0.2) is 5.60 Å². The molecule has 0 bridgehead atoms. The van der Waals surface area contributed by atoms with Crippen molar-refractivity contribution in [2.75, 3.05) is 26.2 Å². The van der Waals surface area contributed by atoms with Crippen molar-refractivity contribution in [3.8, 4) is 5.75 Å². The fraction of sp³-hybridized carbons (Fsp3) is 0.536. The van der Waals surface area contributed by atoms with Gasteiger partial charge in [0.05, 0.1) is 5.56 Å². The lowest BCUT2D eigenvalue weighted by Crippen LogP contribution is -2.45. The van der Waals surface area contributed by atoms with Crippen molar-refractivity contribution >= 4 is 5.97 Å². The summed E-state index contributed by atoms with van der Waals surface area (Å²) in [6.45, 7) is 15.3. The van der Waals surface area contributed by atoms with Gasteiger partial charge in [-0.3, -0.25) is 9.80 Å². The summed E-state index contributed by atoms with van der Waals surface area (Å²) in [7, 11) is 0. The number of hydrogen-bond donors (Lipinski definition) is 1. The zero-order valence-corrected chi connectivity index (χ0v) is 22.0. The molecule has 0 spiro atoms. The molecule has 0 aromatic heterocycles. The van der Waals surface area contributed by atoms with Gasteiger partial charge in [0.2, 0.25) is 0 Å². The van der Waals surface area contributed by atoms with Crippen molar-refractivity contribution in [2.24, 2.45) is 0 Å². The second kappa shape index (κ2) is 10.8. The van der Waals surface area contributed by atoms with Gasteiger partial charge in [-0.2, -0.15) is 13.2 Å². The van der Waals surface area contributed by atoms with Gasteiger partial charge in [0, 0.05) is 39.3 Å². The molecule has 1 aliphatic heterocycles. The quantitative estimate of drug-likeness (QED) is 0.476. The molecule has 1 heterocycles. The number of alkyl halides is 3. The van der Waals surface area contributed by atoms with Crippen LogP contribution in [-0.2, 0) is 24.1 Å². The summed E-state index contributed by atoms with van der Waals surface area (Å²) in [4.78, 5) is 16.1. The van der Waals surface area contributed by atoms with Crippen LogP contribution in [-0.4, -0.2) is 52.7 Å². The van der Waals surface area contributed by atoms with Gasteiger partial charge in [-0.15, -0.1) is 0 Å². The minimum Gasteiger partial charge on any atom is -0.478 e. The zero-order chi connectivity index (χ0) is 26.8. The Morgan fingerprint density at radius 2 is 1.44 bits per heavy atom. The van der Waals surface area contributed by atoms with E-state index < -0.39 is 23.3 Å². The van der Waals surface area contributed by atoms with Gasteiger partial charge in [0.25, 0.3) is 0 Å². The Bertz CT molecular complexity index is 1060. The molecular weight excluding hydrogens is 469 g/mol. The van der Waals surface area contributed by atoms with Crippen LogP contribution in [0.1, 0.15) is 67.0 Å². The fourth-order valence-corrected chi connectivity index (χ4v) is 4.66. The first-order valence-electron chi connectivity index (χ1n) is 12.3. The maximum atomic E-state index is 13.4. The van der Waals surface area contributed by atoms with E-state index in [4.69, 9.17) is 4.74 Å². The van der Waals surface area contributed by atoms with Crippen LogP contribution in [0.15, 0.2) is 30.3 Å². The Morgan fingerprint density at radius 1 is 0.944 bits per heavy atom. The first-order chi connectivity index (χ1) is 16.7. The van der Waals surface area contributed by atoms with E-state index in [0.29, 0.717) is 17.9 Å². The SMILES string of the molecule is Cc1cc(CN2CCN(Cc3ccc(C(F)(F)F)c(C(C)C)c3)CC2)cc(C)c1OC(C)(C)C(=O)O. The topological polar surface area (TPSA) is 53.0 Å². The highest BCUT2D eigenvalue weighted by molar-refractivity contribution is 5.77. The highest BCUT2D eigenvalue weighted by Gasteiger charge is 2.34. The summed E-state index contributed by atoms with van der Waals surface area (Å²) in [6, 6.07) is 8.61. The van der Waals surface area contributed by atoms with Gasteiger partial charge in [0.1, 0.15) is 5.75 Å². The molecule has 1 fully saturated rings. The smallest absolute Gasteiger partial charge is 0.416 e. The molecule has 1 N–H and O–H groups in total. The monoisotopic (exact) mass is 506 g/mol. The van der Waals surface area contributed by atoms with E-state index in [1.807, 2.05) is 26.0 Å². The van der Waals surface area contributed by atoms with Crippen molar-refractivity contribution in [3.05, 3.63) is 63.7 Å². The zero-order valence-electron chi connectivity index (χ0n) is 22.0. The molecule has 5 nitrogen and oxygen atoms in total. The van der Waals surface area contributed by atoms with Crippen LogP contribution in [0, 0.1) is 13.8 Å². The molecule has 0 aliphatic carbocycles. The number of hydrogen-bond acceptors (Lipinski definition) is 4. The third kappa shape index (κ3) is 6.79. The first-order valence-corrected chi connectivity index (χ1v) is 12.3. The number of halogens is 3. The summed E-state index contributed by atoms with van der Waals surface area (Å²) in [5.74, 6) is -0.606.